The second-order valence-corrected chi connectivity index (χ2v) is 8.41. The lowest BCUT2D eigenvalue weighted by Gasteiger charge is -2.16. The molecular weight excluding hydrogens is 471 g/mol. The summed E-state index contributed by atoms with van der Waals surface area (Å²) in [5.41, 5.74) is 10.2. The standard InChI is InChI=1S/C27H21FN8O/c1-15(17-2-6-20(28)7-3-17)33-27(37)23-10-16(12-29)13-31-25(23)34-21-8-4-18(5-9-21)19-11-22-24(30)35-36-26(22)32-14-19/h2-11,13-15H,1H3,(H,31,34)(H,33,37)(H3,30,32,35,36)/t15-/m0/s1. The highest BCUT2D eigenvalue weighted by atomic mass is 19.1. The molecule has 2 aromatic carbocycles. The van der Waals surface area contributed by atoms with Gasteiger partial charge in [0.15, 0.2) is 5.65 Å². The van der Waals surface area contributed by atoms with Crippen LogP contribution in [0.5, 0.6) is 0 Å². The molecule has 0 fully saturated rings. The van der Waals surface area contributed by atoms with E-state index in [0.29, 0.717) is 23.0 Å². The molecule has 0 unspecified atom stereocenters. The predicted molar refractivity (Wildman–Crippen MR) is 138 cm³/mol. The van der Waals surface area contributed by atoms with E-state index in [2.05, 4.69) is 30.8 Å². The molecule has 37 heavy (non-hydrogen) atoms. The molecule has 9 nitrogen and oxygen atoms in total. The van der Waals surface area contributed by atoms with E-state index in [1.54, 1.807) is 25.3 Å². The number of carbonyl (C=O) groups excluding carboxylic acids is 1. The van der Waals surface area contributed by atoms with E-state index in [-0.39, 0.29) is 23.0 Å². The van der Waals surface area contributed by atoms with Crippen molar-refractivity contribution in [3.8, 4) is 17.2 Å². The third-order valence-corrected chi connectivity index (χ3v) is 5.90. The number of hydrogen-bond donors (Lipinski definition) is 4. The molecule has 10 heteroatoms. The lowest BCUT2D eigenvalue weighted by atomic mass is 10.1. The number of nitriles is 1. The van der Waals surface area contributed by atoms with Crippen molar-refractivity contribution in [2.45, 2.75) is 13.0 Å². The number of fused-ring (bicyclic) bond motifs is 1. The highest BCUT2D eigenvalue weighted by Crippen LogP contribution is 2.27. The number of aromatic nitrogens is 4. The van der Waals surface area contributed by atoms with Gasteiger partial charge in [-0.3, -0.25) is 9.89 Å². The first-order valence-electron chi connectivity index (χ1n) is 11.3. The van der Waals surface area contributed by atoms with Crippen molar-refractivity contribution in [1.82, 2.24) is 25.5 Å². The number of nitrogens with zero attached hydrogens (tertiary/aromatic N) is 4. The first-order valence-corrected chi connectivity index (χ1v) is 11.3. The molecule has 182 valence electrons. The number of halogens is 1. The molecule has 0 spiro atoms. The normalized spacial score (nSPS) is 11.6. The Labute approximate surface area is 211 Å². The van der Waals surface area contributed by atoms with Crippen LogP contribution in [-0.4, -0.2) is 26.1 Å². The molecule has 3 aromatic heterocycles. The van der Waals surface area contributed by atoms with Crippen LogP contribution in [0.1, 0.15) is 34.5 Å². The van der Waals surface area contributed by atoms with Gasteiger partial charge in [-0.1, -0.05) is 24.3 Å². The Morgan fingerprint density at radius 2 is 1.81 bits per heavy atom. The van der Waals surface area contributed by atoms with Gasteiger partial charge < -0.3 is 16.4 Å². The van der Waals surface area contributed by atoms with Gasteiger partial charge in [0.05, 0.1) is 22.6 Å². The molecule has 0 radical (unpaired) electrons. The molecule has 5 aromatic rings. The Morgan fingerprint density at radius 1 is 1.05 bits per heavy atom. The van der Waals surface area contributed by atoms with Crippen molar-refractivity contribution >= 4 is 34.3 Å². The summed E-state index contributed by atoms with van der Waals surface area (Å²) in [6.07, 6.45) is 3.12. The van der Waals surface area contributed by atoms with Gasteiger partial charge >= 0.3 is 0 Å². The number of nitrogens with two attached hydrogens (primary N) is 1. The van der Waals surface area contributed by atoms with Crippen molar-refractivity contribution in [2.75, 3.05) is 11.1 Å². The van der Waals surface area contributed by atoms with E-state index >= 15 is 0 Å². The molecule has 5 N–H and O–H groups in total. The Bertz CT molecular complexity index is 1640. The van der Waals surface area contributed by atoms with Gasteiger partial charge in [0.2, 0.25) is 0 Å². The lowest BCUT2D eigenvalue weighted by Crippen LogP contribution is -2.27. The maximum atomic E-state index is 13.3. The smallest absolute Gasteiger partial charge is 0.255 e. The van der Waals surface area contributed by atoms with Gasteiger partial charge in [0.1, 0.15) is 23.5 Å². The fraction of sp³-hybridized carbons (Fsp3) is 0.0741. The van der Waals surface area contributed by atoms with Crippen LogP contribution in [0.25, 0.3) is 22.2 Å². The highest BCUT2D eigenvalue weighted by molar-refractivity contribution is 6.00. The number of benzene rings is 2. The van der Waals surface area contributed by atoms with Crippen LogP contribution in [-0.2, 0) is 0 Å². The fourth-order valence-corrected chi connectivity index (χ4v) is 3.87. The number of H-pyrrole nitrogens is 1. The fourth-order valence-electron chi connectivity index (χ4n) is 3.87. The van der Waals surface area contributed by atoms with Crippen LogP contribution in [0.2, 0.25) is 0 Å². The van der Waals surface area contributed by atoms with Crippen LogP contribution in [0.3, 0.4) is 0 Å². The lowest BCUT2D eigenvalue weighted by molar-refractivity contribution is 0.0940. The van der Waals surface area contributed by atoms with Crippen molar-refractivity contribution < 1.29 is 9.18 Å². The SMILES string of the molecule is C[C@H](NC(=O)c1cc(C#N)cnc1Nc1ccc(-c2cnc3n[nH]c(N)c3c2)cc1)c1ccc(F)cc1. The molecule has 0 aliphatic heterocycles. The average molecular weight is 493 g/mol. The number of anilines is 3. The monoisotopic (exact) mass is 492 g/mol. The second-order valence-electron chi connectivity index (χ2n) is 8.41. The number of amides is 1. The molecule has 1 amide bonds. The summed E-state index contributed by atoms with van der Waals surface area (Å²) in [5.74, 6) is -0.0235. The van der Waals surface area contributed by atoms with Crippen molar-refractivity contribution in [2.24, 2.45) is 0 Å². The van der Waals surface area contributed by atoms with Crippen molar-refractivity contribution in [1.29, 1.82) is 5.26 Å². The van der Waals surface area contributed by atoms with E-state index in [0.717, 1.165) is 22.1 Å². The Balaban J connectivity index is 1.37. The molecule has 0 aliphatic carbocycles. The molecule has 3 heterocycles. The van der Waals surface area contributed by atoms with Gasteiger partial charge in [0.25, 0.3) is 5.91 Å². The minimum Gasteiger partial charge on any atom is -0.384 e. The van der Waals surface area contributed by atoms with Crippen LogP contribution in [0.15, 0.2) is 73.1 Å². The quantitative estimate of drug-likeness (QED) is 0.265. The third-order valence-electron chi connectivity index (χ3n) is 5.90. The molecule has 5 rings (SSSR count). The average Bonchev–Trinajstić information content (AvgIpc) is 3.29. The molecule has 0 saturated heterocycles. The van der Waals surface area contributed by atoms with Crippen LogP contribution < -0.4 is 16.4 Å². The van der Waals surface area contributed by atoms with Gasteiger partial charge in [-0.05, 0) is 54.4 Å². The first-order chi connectivity index (χ1) is 17.9. The largest absolute Gasteiger partial charge is 0.384 e. The van der Waals surface area contributed by atoms with Crippen LogP contribution in [0.4, 0.5) is 21.7 Å². The molecular formula is C27H21FN8O. The van der Waals surface area contributed by atoms with E-state index in [1.165, 1.54) is 24.4 Å². The maximum absolute atomic E-state index is 13.3. The second kappa shape index (κ2) is 9.75. The summed E-state index contributed by atoms with van der Waals surface area (Å²) >= 11 is 0. The van der Waals surface area contributed by atoms with Gasteiger partial charge in [-0.2, -0.15) is 10.4 Å². The summed E-state index contributed by atoms with van der Waals surface area (Å²) in [4.78, 5) is 21.8. The number of carbonyl (C=O) groups is 1. The molecule has 0 aliphatic rings. The van der Waals surface area contributed by atoms with Gasteiger partial charge in [-0.25, -0.2) is 14.4 Å². The van der Waals surface area contributed by atoms with Crippen LogP contribution >= 0.6 is 0 Å². The zero-order valence-corrected chi connectivity index (χ0v) is 19.7. The van der Waals surface area contributed by atoms with Gasteiger partial charge in [0, 0.05) is 23.6 Å². The summed E-state index contributed by atoms with van der Waals surface area (Å²) in [6, 6.07) is 18.4. The number of nitrogens with one attached hydrogen (secondary N) is 3. The summed E-state index contributed by atoms with van der Waals surface area (Å²) in [5, 5.41) is 22.9. The summed E-state index contributed by atoms with van der Waals surface area (Å²) in [7, 11) is 0. The number of rotatable bonds is 6. The minimum atomic E-state index is -0.419. The highest BCUT2D eigenvalue weighted by Gasteiger charge is 2.18. The number of nitrogen functional groups attached to an aromatic ring is 1. The van der Waals surface area contributed by atoms with E-state index < -0.39 is 5.91 Å². The van der Waals surface area contributed by atoms with E-state index in [9.17, 15) is 14.4 Å². The predicted octanol–water partition coefficient (Wildman–Crippen LogP) is 4.85. The Morgan fingerprint density at radius 3 is 2.54 bits per heavy atom. The molecule has 1 atom stereocenters. The summed E-state index contributed by atoms with van der Waals surface area (Å²) < 4.78 is 13.3. The van der Waals surface area contributed by atoms with E-state index in [1.807, 2.05) is 36.4 Å². The van der Waals surface area contributed by atoms with E-state index in [4.69, 9.17) is 5.73 Å². The van der Waals surface area contributed by atoms with Gasteiger partial charge in [-0.15, -0.1) is 0 Å². The topological polar surface area (TPSA) is 145 Å². The third kappa shape index (κ3) is 4.92. The van der Waals surface area contributed by atoms with Crippen molar-refractivity contribution in [3.63, 3.8) is 0 Å². The minimum absolute atomic E-state index is 0.210. The zero-order valence-electron chi connectivity index (χ0n) is 19.7. The maximum Gasteiger partial charge on any atom is 0.255 e. The number of aromatic amines is 1. The number of pyridine rings is 2. The molecule has 0 bridgehead atoms. The van der Waals surface area contributed by atoms with Crippen molar-refractivity contribution in [3.05, 3.63) is 95.6 Å². The Hall–Kier alpha value is -5.30. The first kappa shape index (κ1) is 23.4. The number of hydrogen-bond acceptors (Lipinski definition) is 7. The summed E-state index contributed by atoms with van der Waals surface area (Å²) in [6.45, 7) is 1.79. The zero-order chi connectivity index (χ0) is 25.9. The van der Waals surface area contributed by atoms with Crippen LogP contribution in [0, 0.1) is 17.1 Å². The Kier molecular flexibility index (Phi) is 6.18. The molecule has 0 saturated carbocycles.